The second-order valence-electron chi connectivity index (χ2n) is 2.91. The summed E-state index contributed by atoms with van der Waals surface area (Å²) in [6.45, 7) is 10.3. The number of ether oxygens (including phenoxy) is 1. The average molecular weight is 142 g/mol. The van der Waals surface area contributed by atoms with Crippen molar-refractivity contribution in [2.45, 2.75) is 33.3 Å². The summed E-state index contributed by atoms with van der Waals surface area (Å²) in [6.07, 6.45) is 1.25. The van der Waals surface area contributed by atoms with Crippen LogP contribution < -0.4 is 0 Å². The van der Waals surface area contributed by atoms with E-state index in [4.69, 9.17) is 4.74 Å². The Morgan fingerprint density at radius 3 is 2.10 bits per heavy atom. The van der Waals surface area contributed by atoms with Gasteiger partial charge in [0.25, 0.3) is 0 Å². The second kappa shape index (κ2) is 4.51. The van der Waals surface area contributed by atoms with Gasteiger partial charge in [0.15, 0.2) is 0 Å². The van der Waals surface area contributed by atoms with Crippen LogP contribution in [-0.2, 0) is 4.74 Å². The van der Waals surface area contributed by atoms with Crippen molar-refractivity contribution in [1.29, 1.82) is 0 Å². The SMILES string of the molecule is C=C(CC)C(OC)C(C)C. The van der Waals surface area contributed by atoms with Crippen molar-refractivity contribution in [2.75, 3.05) is 7.11 Å². The van der Waals surface area contributed by atoms with E-state index in [-0.39, 0.29) is 6.10 Å². The van der Waals surface area contributed by atoms with Crippen LogP contribution in [-0.4, -0.2) is 13.2 Å². The molecule has 1 unspecified atom stereocenters. The van der Waals surface area contributed by atoms with E-state index in [9.17, 15) is 0 Å². The van der Waals surface area contributed by atoms with Crippen LogP contribution in [0.2, 0.25) is 0 Å². The van der Waals surface area contributed by atoms with E-state index < -0.39 is 0 Å². The van der Waals surface area contributed by atoms with Crippen molar-refractivity contribution in [3.8, 4) is 0 Å². The van der Waals surface area contributed by atoms with Crippen LogP contribution in [0.4, 0.5) is 0 Å². The molecule has 10 heavy (non-hydrogen) atoms. The maximum atomic E-state index is 5.26. The monoisotopic (exact) mass is 142 g/mol. The van der Waals surface area contributed by atoms with Gasteiger partial charge in [-0.1, -0.05) is 27.4 Å². The fourth-order valence-corrected chi connectivity index (χ4v) is 1.11. The zero-order valence-electron chi connectivity index (χ0n) is 7.48. The van der Waals surface area contributed by atoms with Crippen LogP contribution >= 0.6 is 0 Å². The van der Waals surface area contributed by atoms with Gasteiger partial charge in [0.1, 0.15) is 0 Å². The molecule has 0 fully saturated rings. The Morgan fingerprint density at radius 1 is 1.50 bits per heavy atom. The molecule has 0 aliphatic heterocycles. The van der Waals surface area contributed by atoms with Gasteiger partial charge in [0.2, 0.25) is 0 Å². The molecular formula is C9H18O. The molecule has 1 heteroatoms. The average Bonchev–Trinajstić information content (AvgIpc) is 1.88. The lowest BCUT2D eigenvalue weighted by atomic mass is 9.98. The van der Waals surface area contributed by atoms with Crippen LogP contribution in [0.5, 0.6) is 0 Å². The number of methoxy groups -OCH3 is 1. The van der Waals surface area contributed by atoms with Gasteiger partial charge >= 0.3 is 0 Å². The molecule has 0 saturated carbocycles. The van der Waals surface area contributed by atoms with Crippen LogP contribution in [0.3, 0.4) is 0 Å². The minimum absolute atomic E-state index is 0.241. The van der Waals surface area contributed by atoms with E-state index in [1.165, 1.54) is 5.57 Å². The molecule has 0 amide bonds. The Bertz CT molecular complexity index is 105. The third-order valence-corrected chi connectivity index (χ3v) is 1.72. The van der Waals surface area contributed by atoms with E-state index in [1.807, 2.05) is 0 Å². The molecule has 0 aromatic heterocycles. The van der Waals surface area contributed by atoms with Crippen LogP contribution in [0, 0.1) is 5.92 Å². The zero-order chi connectivity index (χ0) is 8.15. The maximum Gasteiger partial charge on any atom is 0.0801 e. The van der Waals surface area contributed by atoms with Crippen LogP contribution in [0.15, 0.2) is 12.2 Å². The molecule has 0 radical (unpaired) electrons. The molecule has 0 saturated heterocycles. The second-order valence-corrected chi connectivity index (χ2v) is 2.91. The van der Waals surface area contributed by atoms with E-state index in [0.717, 1.165) is 6.42 Å². The lowest BCUT2D eigenvalue weighted by Crippen LogP contribution is -2.19. The van der Waals surface area contributed by atoms with Crippen LogP contribution in [0.1, 0.15) is 27.2 Å². The predicted octanol–water partition coefficient (Wildman–Crippen LogP) is 2.62. The predicted molar refractivity (Wildman–Crippen MR) is 45.1 cm³/mol. The molecular weight excluding hydrogens is 124 g/mol. The van der Waals surface area contributed by atoms with Crippen molar-refractivity contribution < 1.29 is 4.74 Å². The normalized spacial score (nSPS) is 13.7. The molecule has 0 aliphatic rings. The highest BCUT2D eigenvalue weighted by molar-refractivity contribution is 5.02. The molecule has 0 aromatic rings. The van der Waals surface area contributed by atoms with Crippen molar-refractivity contribution in [3.63, 3.8) is 0 Å². The Morgan fingerprint density at radius 2 is 2.00 bits per heavy atom. The molecule has 0 rings (SSSR count). The zero-order valence-corrected chi connectivity index (χ0v) is 7.48. The summed E-state index contributed by atoms with van der Waals surface area (Å²) in [4.78, 5) is 0. The molecule has 0 aliphatic carbocycles. The van der Waals surface area contributed by atoms with Gasteiger partial charge in [-0.05, 0) is 17.9 Å². The minimum Gasteiger partial charge on any atom is -0.377 e. The lowest BCUT2D eigenvalue weighted by Gasteiger charge is -2.20. The third kappa shape index (κ3) is 2.53. The summed E-state index contributed by atoms with van der Waals surface area (Å²) >= 11 is 0. The van der Waals surface area contributed by atoms with Gasteiger partial charge in [-0.3, -0.25) is 0 Å². The summed E-state index contributed by atoms with van der Waals surface area (Å²) in [7, 11) is 1.74. The first kappa shape index (κ1) is 9.70. The summed E-state index contributed by atoms with van der Waals surface area (Å²) in [5.74, 6) is 0.539. The Kier molecular flexibility index (Phi) is 4.37. The summed E-state index contributed by atoms with van der Waals surface area (Å²) in [6, 6.07) is 0. The third-order valence-electron chi connectivity index (χ3n) is 1.72. The molecule has 0 aromatic carbocycles. The van der Waals surface area contributed by atoms with Gasteiger partial charge < -0.3 is 4.74 Å². The maximum absolute atomic E-state index is 5.26. The lowest BCUT2D eigenvalue weighted by molar-refractivity contribution is 0.0920. The molecule has 1 atom stereocenters. The molecule has 60 valence electrons. The molecule has 0 heterocycles. The van der Waals surface area contributed by atoms with E-state index in [1.54, 1.807) is 7.11 Å². The van der Waals surface area contributed by atoms with Crippen molar-refractivity contribution in [1.82, 2.24) is 0 Å². The van der Waals surface area contributed by atoms with E-state index in [0.29, 0.717) is 5.92 Å². The topological polar surface area (TPSA) is 9.23 Å². The molecule has 0 N–H and O–H groups in total. The number of hydrogen-bond acceptors (Lipinski definition) is 1. The number of rotatable bonds is 4. The van der Waals surface area contributed by atoms with Gasteiger partial charge in [0, 0.05) is 7.11 Å². The summed E-state index contributed by atoms with van der Waals surface area (Å²) in [5.41, 5.74) is 1.19. The summed E-state index contributed by atoms with van der Waals surface area (Å²) < 4.78 is 5.26. The number of hydrogen-bond donors (Lipinski definition) is 0. The molecule has 1 nitrogen and oxygen atoms in total. The van der Waals surface area contributed by atoms with Gasteiger partial charge in [-0.25, -0.2) is 0 Å². The first-order valence-corrected chi connectivity index (χ1v) is 3.83. The summed E-state index contributed by atoms with van der Waals surface area (Å²) in [5, 5.41) is 0. The van der Waals surface area contributed by atoms with Crippen molar-refractivity contribution in [2.24, 2.45) is 5.92 Å². The van der Waals surface area contributed by atoms with Gasteiger partial charge in [-0.2, -0.15) is 0 Å². The fourth-order valence-electron chi connectivity index (χ4n) is 1.11. The quantitative estimate of drug-likeness (QED) is 0.548. The first-order valence-electron chi connectivity index (χ1n) is 3.83. The van der Waals surface area contributed by atoms with Crippen molar-refractivity contribution in [3.05, 3.63) is 12.2 Å². The van der Waals surface area contributed by atoms with Gasteiger partial charge in [0.05, 0.1) is 6.10 Å². The van der Waals surface area contributed by atoms with E-state index in [2.05, 4.69) is 27.4 Å². The van der Waals surface area contributed by atoms with Gasteiger partial charge in [-0.15, -0.1) is 0 Å². The first-order chi connectivity index (χ1) is 4.63. The standard InChI is InChI=1S/C9H18O/c1-6-8(4)9(10-5)7(2)3/h7,9H,4,6H2,1-3,5H3. The largest absolute Gasteiger partial charge is 0.377 e. The van der Waals surface area contributed by atoms with Crippen LogP contribution in [0.25, 0.3) is 0 Å². The molecule has 0 bridgehead atoms. The van der Waals surface area contributed by atoms with Crippen molar-refractivity contribution >= 4 is 0 Å². The minimum atomic E-state index is 0.241. The Balaban J connectivity index is 3.93. The molecule has 0 spiro atoms. The Labute approximate surface area is 64.1 Å². The highest BCUT2D eigenvalue weighted by Crippen LogP contribution is 2.15. The smallest absolute Gasteiger partial charge is 0.0801 e. The highest BCUT2D eigenvalue weighted by atomic mass is 16.5. The fraction of sp³-hybridized carbons (Fsp3) is 0.778. The Hall–Kier alpha value is -0.300. The highest BCUT2D eigenvalue weighted by Gasteiger charge is 2.13. The van der Waals surface area contributed by atoms with E-state index >= 15 is 0 Å².